The lowest BCUT2D eigenvalue weighted by atomic mass is 9.70. The largest absolute Gasteiger partial charge is 0.293 e. The van der Waals surface area contributed by atoms with Crippen molar-refractivity contribution in [1.82, 2.24) is 9.80 Å². The van der Waals surface area contributed by atoms with Gasteiger partial charge in [-0.25, -0.2) is 0 Å². The van der Waals surface area contributed by atoms with Gasteiger partial charge in [0.1, 0.15) is 0 Å². The second-order valence-electron chi connectivity index (χ2n) is 9.50. The minimum absolute atomic E-state index is 0.309. The highest BCUT2D eigenvalue weighted by Crippen LogP contribution is 2.45. The zero-order valence-corrected chi connectivity index (χ0v) is 15.8. The molecule has 21 heavy (non-hydrogen) atoms. The van der Waals surface area contributed by atoms with Crippen LogP contribution in [0, 0.1) is 5.41 Å². The molecule has 2 heteroatoms. The average Bonchev–Trinajstić information content (AvgIpc) is 2.82. The van der Waals surface area contributed by atoms with Gasteiger partial charge in [0.05, 0.1) is 0 Å². The van der Waals surface area contributed by atoms with Crippen molar-refractivity contribution in [2.75, 3.05) is 13.1 Å². The SMILES string of the molecule is CCC(C)(N1CCN(C(C)(C)C)C2CCCC21)C(C)(C)C. The van der Waals surface area contributed by atoms with Crippen LogP contribution in [0.5, 0.6) is 0 Å². The first kappa shape index (κ1) is 17.3. The Kier molecular flexibility index (Phi) is 4.55. The van der Waals surface area contributed by atoms with Gasteiger partial charge in [-0.3, -0.25) is 9.80 Å². The number of nitrogens with zero attached hydrogens (tertiary/aromatic N) is 2. The molecule has 1 saturated heterocycles. The molecule has 0 N–H and O–H groups in total. The smallest absolute Gasteiger partial charge is 0.0257 e. The Hall–Kier alpha value is -0.0800. The van der Waals surface area contributed by atoms with E-state index >= 15 is 0 Å². The first-order valence-corrected chi connectivity index (χ1v) is 9.06. The van der Waals surface area contributed by atoms with Crippen molar-refractivity contribution in [1.29, 1.82) is 0 Å². The zero-order valence-electron chi connectivity index (χ0n) is 15.8. The quantitative estimate of drug-likeness (QED) is 0.738. The highest BCUT2D eigenvalue weighted by Gasteiger charge is 2.51. The lowest BCUT2D eigenvalue weighted by molar-refractivity contribution is -0.0972. The van der Waals surface area contributed by atoms with Crippen LogP contribution in [0.3, 0.4) is 0 Å². The van der Waals surface area contributed by atoms with Crippen molar-refractivity contribution < 1.29 is 0 Å². The Morgan fingerprint density at radius 3 is 1.71 bits per heavy atom. The molecule has 124 valence electrons. The molecule has 3 unspecified atom stereocenters. The van der Waals surface area contributed by atoms with E-state index in [0.29, 0.717) is 16.5 Å². The molecular weight excluding hydrogens is 256 g/mol. The van der Waals surface area contributed by atoms with Crippen molar-refractivity contribution in [2.24, 2.45) is 5.41 Å². The fourth-order valence-corrected chi connectivity index (χ4v) is 4.80. The molecule has 1 aliphatic carbocycles. The van der Waals surface area contributed by atoms with E-state index in [-0.39, 0.29) is 0 Å². The van der Waals surface area contributed by atoms with Crippen molar-refractivity contribution in [2.45, 2.75) is 104 Å². The van der Waals surface area contributed by atoms with Gasteiger partial charge in [-0.15, -0.1) is 0 Å². The molecule has 1 aliphatic heterocycles. The molecule has 2 nitrogen and oxygen atoms in total. The Balaban J connectivity index is 2.29. The van der Waals surface area contributed by atoms with Gasteiger partial charge in [0.25, 0.3) is 0 Å². The number of hydrogen-bond donors (Lipinski definition) is 0. The summed E-state index contributed by atoms with van der Waals surface area (Å²) in [7, 11) is 0. The van der Waals surface area contributed by atoms with Crippen molar-refractivity contribution in [3.8, 4) is 0 Å². The molecule has 0 aromatic carbocycles. The lowest BCUT2D eigenvalue weighted by Crippen LogP contribution is -2.69. The summed E-state index contributed by atoms with van der Waals surface area (Å²) in [6.45, 7) is 21.8. The fraction of sp³-hybridized carbons (Fsp3) is 1.00. The van der Waals surface area contributed by atoms with Gasteiger partial charge >= 0.3 is 0 Å². The minimum Gasteiger partial charge on any atom is -0.293 e. The number of hydrogen-bond acceptors (Lipinski definition) is 2. The maximum absolute atomic E-state index is 2.90. The predicted octanol–water partition coefficient (Wildman–Crippen LogP) is 4.54. The zero-order chi connectivity index (χ0) is 16.1. The molecule has 2 fully saturated rings. The molecular formula is C19H38N2. The second-order valence-corrected chi connectivity index (χ2v) is 9.50. The van der Waals surface area contributed by atoms with Crippen molar-refractivity contribution in [3.63, 3.8) is 0 Å². The summed E-state index contributed by atoms with van der Waals surface area (Å²) in [4.78, 5) is 5.69. The van der Waals surface area contributed by atoms with Crippen LogP contribution in [0.1, 0.15) is 81.1 Å². The Morgan fingerprint density at radius 1 is 0.810 bits per heavy atom. The summed E-state index contributed by atoms with van der Waals surface area (Å²) in [6, 6.07) is 1.54. The van der Waals surface area contributed by atoms with E-state index in [1.807, 2.05) is 0 Å². The monoisotopic (exact) mass is 294 g/mol. The molecule has 0 bridgehead atoms. The molecule has 2 rings (SSSR count). The molecule has 0 aromatic rings. The standard InChI is InChI=1S/C19H38N2/c1-9-19(8,17(2,3)4)21-14-13-20(18(5,6)7)15-11-10-12-16(15)21/h15-16H,9-14H2,1-8H3. The predicted molar refractivity (Wildman–Crippen MR) is 92.7 cm³/mol. The van der Waals surface area contributed by atoms with E-state index in [1.54, 1.807) is 0 Å². The van der Waals surface area contributed by atoms with Gasteiger partial charge < -0.3 is 0 Å². The van der Waals surface area contributed by atoms with Crippen LogP contribution in [0.25, 0.3) is 0 Å². The fourth-order valence-electron chi connectivity index (χ4n) is 4.80. The van der Waals surface area contributed by atoms with Gasteiger partial charge in [0.15, 0.2) is 0 Å². The van der Waals surface area contributed by atoms with Crippen LogP contribution in [0.4, 0.5) is 0 Å². The van der Waals surface area contributed by atoms with E-state index in [9.17, 15) is 0 Å². The van der Waals surface area contributed by atoms with Crippen molar-refractivity contribution in [3.05, 3.63) is 0 Å². The molecule has 1 saturated carbocycles. The van der Waals surface area contributed by atoms with Crippen LogP contribution in [0.2, 0.25) is 0 Å². The summed E-state index contributed by atoms with van der Waals surface area (Å²) in [5, 5.41) is 0. The van der Waals surface area contributed by atoms with Gasteiger partial charge in [-0.2, -0.15) is 0 Å². The van der Waals surface area contributed by atoms with Crippen molar-refractivity contribution >= 4 is 0 Å². The van der Waals surface area contributed by atoms with E-state index in [0.717, 1.165) is 12.1 Å². The normalized spacial score (nSPS) is 32.0. The van der Waals surface area contributed by atoms with E-state index in [1.165, 1.54) is 38.8 Å². The molecule has 1 heterocycles. The van der Waals surface area contributed by atoms with Crippen LogP contribution >= 0.6 is 0 Å². The molecule has 3 atom stereocenters. The molecule has 0 radical (unpaired) electrons. The van der Waals surface area contributed by atoms with E-state index in [4.69, 9.17) is 0 Å². The van der Waals surface area contributed by atoms with Gasteiger partial charge in [0.2, 0.25) is 0 Å². The maximum atomic E-state index is 2.90. The Morgan fingerprint density at radius 2 is 1.29 bits per heavy atom. The van der Waals surface area contributed by atoms with Gasteiger partial charge in [-0.1, -0.05) is 34.1 Å². The van der Waals surface area contributed by atoms with E-state index < -0.39 is 0 Å². The third-order valence-electron chi connectivity index (χ3n) is 6.63. The Labute approximate surface area is 133 Å². The maximum Gasteiger partial charge on any atom is 0.0257 e. The summed E-state index contributed by atoms with van der Waals surface area (Å²) in [6.07, 6.45) is 5.43. The summed E-state index contributed by atoms with van der Waals surface area (Å²) >= 11 is 0. The molecule has 0 aromatic heterocycles. The summed E-state index contributed by atoms with van der Waals surface area (Å²) in [5.41, 5.74) is 0.951. The number of fused-ring (bicyclic) bond motifs is 1. The lowest BCUT2D eigenvalue weighted by Gasteiger charge is -2.59. The highest BCUT2D eigenvalue weighted by atomic mass is 15.4. The van der Waals surface area contributed by atoms with Crippen LogP contribution in [0.15, 0.2) is 0 Å². The van der Waals surface area contributed by atoms with Gasteiger partial charge in [0, 0.05) is 36.3 Å². The molecule has 2 aliphatic rings. The topological polar surface area (TPSA) is 6.48 Å². The average molecular weight is 295 g/mol. The first-order valence-electron chi connectivity index (χ1n) is 9.06. The van der Waals surface area contributed by atoms with Crippen LogP contribution in [-0.4, -0.2) is 46.1 Å². The highest BCUT2D eigenvalue weighted by molar-refractivity contribution is 5.07. The molecule has 0 spiro atoms. The third-order valence-corrected chi connectivity index (χ3v) is 6.63. The first-order chi connectivity index (χ1) is 9.52. The number of rotatable bonds is 2. The summed E-state index contributed by atoms with van der Waals surface area (Å²) in [5.74, 6) is 0. The van der Waals surface area contributed by atoms with E-state index in [2.05, 4.69) is 65.2 Å². The second kappa shape index (κ2) is 5.53. The van der Waals surface area contributed by atoms with Crippen LogP contribution in [-0.2, 0) is 0 Å². The minimum atomic E-state index is 0.309. The summed E-state index contributed by atoms with van der Waals surface area (Å²) < 4.78 is 0. The van der Waals surface area contributed by atoms with Crippen LogP contribution < -0.4 is 0 Å². The third kappa shape index (κ3) is 2.91. The molecule has 0 amide bonds. The number of piperazine rings is 1. The van der Waals surface area contributed by atoms with Gasteiger partial charge in [-0.05, 0) is 52.4 Å². The Bertz CT molecular complexity index is 363.